The Morgan fingerprint density at radius 2 is 1.04 bits per heavy atom. The van der Waals surface area contributed by atoms with Crippen LogP contribution in [0.5, 0.6) is 5.88 Å². The van der Waals surface area contributed by atoms with Gasteiger partial charge in [-0.05, 0) is 20.8 Å². The fraction of sp³-hybridized carbons (Fsp3) is 0.556. The molecule has 2 heterocycles. The van der Waals surface area contributed by atoms with Gasteiger partial charge < -0.3 is 4.74 Å². The van der Waals surface area contributed by atoms with Crippen molar-refractivity contribution in [2.75, 3.05) is 7.11 Å². The Hall–Kier alpha value is -2.04. The van der Waals surface area contributed by atoms with Crippen molar-refractivity contribution in [1.29, 1.82) is 0 Å². The van der Waals surface area contributed by atoms with Gasteiger partial charge in [-0.2, -0.15) is 0 Å². The molecule has 0 atom stereocenters. The Bertz CT molecular complexity index is 438. The van der Waals surface area contributed by atoms with Crippen LogP contribution in [0.15, 0.2) is 24.8 Å². The van der Waals surface area contributed by atoms with E-state index in [4.69, 9.17) is 4.74 Å². The predicted molar refractivity (Wildman–Crippen MR) is 98.9 cm³/mol. The first-order valence-electron chi connectivity index (χ1n) is 8.20. The molecule has 132 valence electrons. The van der Waals surface area contributed by atoms with Crippen LogP contribution in [-0.4, -0.2) is 27.0 Å². The molecule has 5 nitrogen and oxygen atoms in total. The molecular formula is C18H34N4O. The van der Waals surface area contributed by atoms with Crippen LogP contribution >= 0.6 is 0 Å². The molecule has 2 aromatic heterocycles. The number of aryl methyl sites for hydroxylation is 3. The first kappa shape index (κ1) is 25.9. The smallest absolute Gasteiger partial charge is 0.235 e. The van der Waals surface area contributed by atoms with Crippen molar-refractivity contribution < 1.29 is 4.74 Å². The highest BCUT2D eigenvalue weighted by molar-refractivity contribution is 5.14. The first-order valence-corrected chi connectivity index (χ1v) is 8.20. The van der Waals surface area contributed by atoms with Gasteiger partial charge in [0.1, 0.15) is 0 Å². The average molecular weight is 322 g/mol. The lowest BCUT2D eigenvalue weighted by Crippen LogP contribution is -1.91. The number of rotatable bonds is 1. The summed E-state index contributed by atoms with van der Waals surface area (Å²) in [6.07, 6.45) is 6.76. The lowest BCUT2D eigenvalue weighted by molar-refractivity contribution is 0.391. The van der Waals surface area contributed by atoms with E-state index in [2.05, 4.69) is 19.9 Å². The summed E-state index contributed by atoms with van der Waals surface area (Å²) in [5, 5.41) is 0. The van der Waals surface area contributed by atoms with Gasteiger partial charge in [0.05, 0.1) is 24.2 Å². The van der Waals surface area contributed by atoms with E-state index in [1.807, 2.05) is 62.3 Å². The van der Waals surface area contributed by atoms with Crippen molar-refractivity contribution >= 4 is 0 Å². The zero-order valence-corrected chi connectivity index (χ0v) is 16.5. The highest BCUT2D eigenvalue weighted by Gasteiger charge is 1.94. The van der Waals surface area contributed by atoms with Gasteiger partial charge in [-0.3, -0.25) is 15.0 Å². The van der Waals surface area contributed by atoms with E-state index in [1.54, 1.807) is 31.9 Å². The van der Waals surface area contributed by atoms with E-state index < -0.39 is 0 Å². The summed E-state index contributed by atoms with van der Waals surface area (Å²) in [7, 11) is 1.58. The van der Waals surface area contributed by atoms with Gasteiger partial charge in [0.15, 0.2) is 0 Å². The maximum Gasteiger partial charge on any atom is 0.235 e. The molecule has 0 fully saturated rings. The fourth-order valence-electron chi connectivity index (χ4n) is 1.05. The molecule has 0 N–H and O–H groups in total. The molecule has 0 radical (unpaired) electrons. The van der Waals surface area contributed by atoms with Gasteiger partial charge in [-0.15, -0.1) is 0 Å². The highest BCUT2D eigenvalue weighted by atomic mass is 16.5. The molecule has 0 unspecified atom stereocenters. The molecule has 0 aliphatic carbocycles. The Morgan fingerprint density at radius 3 is 1.30 bits per heavy atom. The second kappa shape index (κ2) is 20.0. The van der Waals surface area contributed by atoms with Crippen LogP contribution in [0.4, 0.5) is 0 Å². The summed E-state index contributed by atoms with van der Waals surface area (Å²) in [6, 6.07) is 0. The minimum absolute atomic E-state index is 0.595. The molecular weight excluding hydrogens is 288 g/mol. The van der Waals surface area contributed by atoms with Gasteiger partial charge >= 0.3 is 0 Å². The van der Waals surface area contributed by atoms with Gasteiger partial charge in [0.2, 0.25) is 5.88 Å². The van der Waals surface area contributed by atoms with E-state index >= 15 is 0 Å². The van der Waals surface area contributed by atoms with E-state index in [9.17, 15) is 0 Å². The summed E-state index contributed by atoms with van der Waals surface area (Å²) in [6.45, 7) is 17.7. The van der Waals surface area contributed by atoms with Gasteiger partial charge in [-0.1, -0.05) is 41.5 Å². The first-order chi connectivity index (χ1) is 11.1. The lowest BCUT2D eigenvalue weighted by atomic mass is 10.5. The Labute approximate surface area is 142 Å². The summed E-state index contributed by atoms with van der Waals surface area (Å²) in [5.74, 6) is 0.595. The molecule has 2 aromatic rings. The fourth-order valence-corrected chi connectivity index (χ4v) is 1.05. The van der Waals surface area contributed by atoms with Gasteiger partial charge in [0.25, 0.3) is 0 Å². The number of hydrogen-bond acceptors (Lipinski definition) is 5. The van der Waals surface area contributed by atoms with Crippen LogP contribution in [0.1, 0.15) is 58.6 Å². The monoisotopic (exact) mass is 322 g/mol. The summed E-state index contributed by atoms with van der Waals surface area (Å²) >= 11 is 0. The van der Waals surface area contributed by atoms with Crippen molar-refractivity contribution in [1.82, 2.24) is 19.9 Å². The SMILES string of the molecule is CC.CC.CC.COc1nccnc1C.Cc1cnc(C)cn1. The maximum absolute atomic E-state index is 4.87. The van der Waals surface area contributed by atoms with E-state index in [1.165, 1.54) is 0 Å². The summed E-state index contributed by atoms with van der Waals surface area (Å²) < 4.78 is 4.87. The molecule has 0 amide bonds. The maximum atomic E-state index is 4.87. The third-order valence-electron chi connectivity index (χ3n) is 1.94. The quantitative estimate of drug-likeness (QED) is 0.742. The minimum atomic E-state index is 0.595. The van der Waals surface area contributed by atoms with Crippen molar-refractivity contribution in [3.8, 4) is 5.88 Å². The number of hydrogen-bond donors (Lipinski definition) is 0. The van der Waals surface area contributed by atoms with E-state index in [0.717, 1.165) is 17.1 Å². The largest absolute Gasteiger partial charge is 0.480 e. The van der Waals surface area contributed by atoms with Crippen molar-refractivity contribution in [3.05, 3.63) is 41.9 Å². The summed E-state index contributed by atoms with van der Waals surface area (Å²) in [5.41, 5.74) is 2.76. The molecule has 0 saturated heterocycles. The summed E-state index contributed by atoms with van der Waals surface area (Å²) in [4.78, 5) is 15.9. The predicted octanol–water partition coefficient (Wildman–Crippen LogP) is 4.97. The van der Waals surface area contributed by atoms with Crippen molar-refractivity contribution in [2.45, 2.75) is 62.3 Å². The van der Waals surface area contributed by atoms with E-state index in [0.29, 0.717) is 5.88 Å². The van der Waals surface area contributed by atoms with Gasteiger partial charge in [0, 0.05) is 24.8 Å². The Kier molecular flexibility index (Phi) is 22.5. The number of aromatic nitrogens is 4. The van der Waals surface area contributed by atoms with Crippen LogP contribution < -0.4 is 4.74 Å². The molecule has 0 spiro atoms. The standard InChI is InChI=1S/C6H8N2O.C6H8N2.3C2H6/c1-5-6(9-2)8-4-3-7-5;1-5-3-8-6(2)4-7-5;3*1-2/h3-4H,1-2H3;3-4H,1-2H3;3*1-2H3. The van der Waals surface area contributed by atoms with Gasteiger partial charge in [-0.25, -0.2) is 4.98 Å². The third-order valence-corrected chi connectivity index (χ3v) is 1.94. The molecule has 2 rings (SSSR count). The molecule has 0 aromatic carbocycles. The zero-order valence-electron chi connectivity index (χ0n) is 16.5. The lowest BCUT2D eigenvalue weighted by Gasteiger charge is -1.98. The van der Waals surface area contributed by atoms with Crippen LogP contribution in [-0.2, 0) is 0 Å². The van der Waals surface area contributed by atoms with Crippen LogP contribution in [0.25, 0.3) is 0 Å². The minimum Gasteiger partial charge on any atom is -0.480 e. The van der Waals surface area contributed by atoms with E-state index in [-0.39, 0.29) is 0 Å². The van der Waals surface area contributed by atoms with Crippen molar-refractivity contribution in [3.63, 3.8) is 0 Å². The van der Waals surface area contributed by atoms with Crippen LogP contribution in [0.2, 0.25) is 0 Å². The van der Waals surface area contributed by atoms with Crippen molar-refractivity contribution in [2.24, 2.45) is 0 Å². The third kappa shape index (κ3) is 14.7. The molecule has 23 heavy (non-hydrogen) atoms. The second-order valence-electron chi connectivity index (χ2n) is 3.45. The number of nitrogens with zero attached hydrogens (tertiary/aromatic N) is 4. The normalized spacial score (nSPS) is 7.57. The highest BCUT2D eigenvalue weighted by Crippen LogP contribution is 2.06. The number of ether oxygens (including phenoxy) is 1. The molecule has 0 aliphatic rings. The number of methoxy groups -OCH3 is 1. The molecule has 0 saturated carbocycles. The second-order valence-corrected chi connectivity index (χ2v) is 3.45. The molecule has 0 bridgehead atoms. The topological polar surface area (TPSA) is 60.8 Å². The van der Waals surface area contributed by atoms with Crippen LogP contribution in [0, 0.1) is 20.8 Å². The Morgan fingerprint density at radius 1 is 0.652 bits per heavy atom. The average Bonchev–Trinajstić information content (AvgIpc) is 2.64. The zero-order chi connectivity index (χ0) is 18.7. The molecule has 0 aliphatic heterocycles. The molecule has 5 heteroatoms. The van der Waals surface area contributed by atoms with Crippen LogP contribution in [0.3, 0.4) is 0 Å². The Balaban J connectivity index is -0.000000264.